The van der Waals surface area contributed by atoms with Crippen molar-refractivity contribution < 1.29 is 9.90 Å². The van der Waals surface area contributed by atoms with Crippen LogP contribution >= 0.6 is 15.9 Å². The molecule has 0 fully saturated rings. The second kappa shape index (κ2) is 6.41. The normalized spacial score (nSPS) is 13.9. The van der Waals surface area contributed by atoms with Crippen LogP contribution in [0.3, 0.4) is 0 Å². The molecule has 0 radical (unpaired) electrons. The molecule has 1 atom stereocenters. The number of hydrogen-bond acceptors (Lipinski definition) is 3. The van der Waals surface area contributed by atoms with Crippen LogP contribution in [0, 0.1) is 5.92 Å². The average Bonchev–Trinajstić information content (AvgIpc) is 2.33. The molecule has 0 saturated carbocycles. The number of aryl methyl sites for hydroxylation is 1. The third-order valence-electron chi connectivity index (χ3n) is 3.25. The summed E-state index contributed by atoms with van der Waals surface area (Å²) in [6.45, 7) is 5.57. The Morgan fingerprint density at radius 2 is 2.15 bits per heavy atom. The number of urea groups is 1. The van der Waals surface area contributed by atoms with Crippen LogP contribution in [-0.4, -0.2) is 27.9 Å². The van der Waals surface area contributed by atoms with E-state index in [0.717, 1.165) is 0 Å². The maximum atomic E-state index is 11.8. The number of hydrogen-bond donors (Lipinski definition) is 3. The first-order chi connectivity index (χ1) is 9.13. The fraction of sp³-hybridized carbons (Fsp3) is 0.538. The van der Waals surface area contributed by atoms with Gasteiger partial charge in [0.05, 0.1) is 15.8 Å². The number of carbonyl (C=O) groups excluding carboxylic acids is 1. The van der Waals surface area contributed by atoms with E-state index in [0.29, 0.717) is 10.2 Å². The Labute approximate surface area is 126 Å². The van der Waals surface area contributed by atoms with Gasteiger partial charge in [-0.2, -0.15) is 0 Å². The molecular weight excluding hydrogens is 326 g/mol. The zero-order valence-corrected chi connectivity index (χ0v) is 13.6. The summed E-state index contributed by atoms with van der Waals surface area (Å²) in [6, 6.07) is 1.10. The Morgan fingerprint density at radius 3 is 2.65 bits per heavy atom. The van der Waals surface area contributed by atoms with Gasteiger partial charge < -0.3 is 20.3 Å². The largest absolute Gasteiger partial charge is 0.388 e. The van der Waals surface area contributed by atoms with E-state index < -0.39 is 11.6 Å². The minimum atomic E-state index is -0.971. The van der Waals surface area contributed by atoms with Crippen molar-refractivity contribution in [3.63, 3.8) is 0 Å². The van der Waals surface area contributed by atoms with Crippen molar-refractivity contribution in [2.75, 3.05) is 11.9 Å². The first-order valence-electron chi connectivity index (χ1n) is 6.27. The summed E-state index contributed by atoms with van der Waals surface area (Å²) in [5.41, 5.74) is -0.666. The summed E-state index contributed by atoms with van der Waals surface area (Å²) in [4.78, 5) is 23.2. The zero-order chi connectivity index (χ0) is 15.5. The maximum Gasteiger partial charge on any atom is 0.319 e. The molecule has 7 heteroatoms. The predicted molar refractivity (Wildman–Crippen MR) is 81.9 cm³/mol. The molecule has 0 saturated heterocycles. The fourth-order valence-electron chi connectivity index (χ4n) is 1.38. The molecule has 0 aliphatic rings. The first kappa shape index (κ1) is 16.7. The summed E-state index contributed by atoms with van der Waals surface area (Å²) in [6.07, 6.45) is 1.52. The number of halogens is 1. The molecule has 0 bridgehead atoms. The highest BCUT2D eigenvalue weighted by Crippen LogP contribution is 2.15. The van der Waals surface area contributed by atoms with Crippen molar-refractivity contribution in [2.45, 2.75) is 26.4 Å². The molecule has 1 rings (SSSR count). The molecule has 0 spiro atoms. The van der Waals surface area contributed by atoms with Crippen molar-refractivity contribution in [1.82, 2.24) is 9.88 Å². The van der Waals surface area contributed by atoms with Crippen LogP contribution in [0.15, 0.2) is 21.5 Å². The van der Waals surface area contributed by atoms with E-state index in [-0.39, 0.29) is 18.0 Å². The topological polar surface area (TPSA) is 83.4 Å². The number of rotatable bonds is 4. The minimum Gasteiger partial charge on any atom is -0.388 e. The smallest absolute Gasteiger partial charge is 0.319 e. The Kier molecular flexibility index (Phi) is 5.35. The van der Waals surface area contributed by atoms with E-state index in [2.05, 4.69) is 26.6 Å². The number of amides is 2. The predicted octanol–water partition coefficient (Wildman–Crippen LogP) is 1.68. The van der Waals surface area contributed by atoms with Crippen molar-refractivity contribution in [3.8, 4) is 0 Å². The van der Waals surface area contributed by atoms with Gasteiger partial charge in [0, 0.05) is 19.8 Å². The van der Waals surface area contributed by atoms with Crippen LogP contribution in [0.2, 0.25) is 0 Å². The molecular formula is C13H20BrN3O3. The lowest BCUT2D eigenvalue weighted by Crippen LogP contribution is -2.45. The number of anilines is 1. The number of carbonyl (C=O) groups is 1. The Hall–Kier alpha value is -1.34. The minimum absolute atomic E-state index is 0.0227. The summed E-state index contributed by atoms with van der Waals surface area (Å²) < 4.78 is 1.73. The van der Waals surface area contributed by atoms with Gasteiger partial charge in [0.15, 0.2) is 0 Å². The highest BCUT2D eigenvalue weighted by atomic mass is 79.9. The molecule has 1 heterocycles. The van der Waals surface area contributed by atoms with Gasteiger partial charge >= 0.3 is 6.03 Å². The van der Waals surface area contributed by atoms with Crippen LogP contribution < -0.4 is 16.2 Å². The van der Waals surface area contributed by atoms with Gasteiger partial charge in [-0.05, 0) is 34.8 Å². The van der Waals surface area contributed by atoms with E-state index in [9.17, 15) is 14.7 Å². The van der Waals surface area contributed by atoms with E-state index in [1.54, 1.807) is 14.0 Å². The van der Waals surface area contributed by atoms with Crippen molar-refractivity contribution in [2.24, 2.45) is 13.0 Å². The van der Waals surface area contributed by atoms with E-state index in [1.165, 1.54) is 16.8 Å². The van der Waals surface area contributed by atoms with E-state index in [1.807, 2.05) is 13.8 Å². The van der Waals surface area contributed by atoms with E-state index >= 15 is 0 Å². The van der Waals surface area contributed by atoms with Gasteiger partial charge in [-0.25, -0.2) is 4.79 Å². The Bertz CT molecular complexity index is 526. The second-order valence-electron chi connectivity index (χ2n) is 5.31. The molecule has 6 nitrogen and oxygen atoms in total. The van der Waals surface area contributed by atoms with Gasteiger partial charge in [-0.1, -0.05) is 13.8 Å². The lowest BCUT2D eigenvalue weighted by molar-refractivity contribution is 0.0170. The quantitative estimate of drug-likeness (QED) is 0.776. The molecule has 1 aromatic heterocycles. The summed E-state index contributed by atoms with van der Waals surface area (Å²) >= 11 is 3.13. The van der Waals surface area contributed by atoms with Gasteiger partial charge in [-0.3, -0.25) is 4.79 Å². The Morgan fingerprint density at radius 1 is 1.55 bits per heavy atom. The monoisotopic (exact) mass is 345 g/mol. The molecule has 0 aliphatic heterocycles. The number of aromatic nitrogens is 1. The molecule has 0 aromatic carbocycles. The van der Waals surface area contributed by atoms with Crippen molar-refractivity contribution in [3.05, 3.63) is 27.1 Å². The maximum absolute atomic E-state index is 11.8. The van der Waals surface area contributed by atoms with Gasteiger partial charge in [0.25, 0.3) is 5.56 Å². The van der Waals surface area contributed by atoms with Crippen LogP contribution in [0.1, 0.15) is 20.8 Å². The third-order valence-corrected chi connectivity index (χ3v) is 3.82. The lowest BCUT2D eigenvalue weighted by Gasteiger charge is -2.27. The lowest BCUT2D eigenvalue weighted by atomic mass is 9.93. The van der Waals surface area contributed by atoms with Crippen LogP contribution in [0.4, 0.5) is 10.5 Å². The van der Waals surface area contributed by atoms with Gasteiger partial charge in [0.1, 0.15) is 0 Å². The number of nitrogens with zero attached hydrogens (tertiary/aromatic N) is 1. The highest BCUT2D eigenvalue weighted by molar-refractivity contribution is 9.10. The molecule has 1 aromatic rings. The highest BCUT2D eigenvalue weighted by Gasteiger charge is 2.25. The molecule has 1 unspecified atom stereocenters. The molecule has 112 valence electrons. The third kappa shape index (κ3) is 4.35. The van der Waals surface area contributed by atoms with E-state index in [4.69, 9.17) is 0 Å². The average molecular weight is 346 g/mol. The number of pyridine rings is 1. The van der Waals surface area contributed by atoms with Crippen LogP contribution in [0.5, 0.6) is 0 Å². The van der Waals surface area contributed by atoms with Crippen molar-refractivity contribution in [1.29, 1.82) is 0 Å². The fourth-order valence-corrected chi connectivity index (χ4v) is 1.90. The summed E-state index contributed by atoms with van der Waals surface area (Å²) in [5.74, 6) is 0.0227. The standard InChI is InChI=1S/C13H20BrN3O3/c1-8(2)13(3,20)7-15-12(19)16-9-5-10(14)11(18)17(4)6-9/h5-6,8,20H,7H2,1-4H3,(H2,15,16,19). The van der Waals surface area contributed by atoms with Gasteiger partial charge in [-0.15, -0.1) is 0 Å². The molecule has 3 N–H and O–H groups in total. The SMILES string of the molecule is CC(C)C(C)(O)CNC(=O)Nc1cc(Br)c(=O)n(C)c1. The van der Waals surface area contributed by atoms with Crippen LogP contribution in [0.25, 0.3) is 0 Å². The molecule has 0 aliphatic carbocycles. The first-order valence-corrected chi connectivity index (χ1v) is 7.06. The zero-order valence-electron chi connectivity index (χ0n) is 12.0. The summed E-state index contributed by atoms with van der Waals surface area (Å²) in [7, 11) is 1.60. The molecule has 2 amide bonds. The Balaban J connectivity index is 2.66. The van der Waals surface area contributed by atoms with Crippen LogP contribution in [-0.2, 0) is 7.05 Å². The van der Waals surface area contributed by atoms with Crippen molar-refractivity contribution >= 4 is 27.6 Å². The number of nitrogens with one attached hydrogen (secondary N) is 2. The number of aliphatic hydroxyl groups is 1. The second-order valence-corrected chi connectivity index (χ2v) is 6.17. The molecule has 20 heavy (non-hydrogen) atoms. The van der Waals surface area contributed by atoms with Gasteiger partial charge in [0.2, 0.25) is 0 Å². The summed E-state index contributed by atoms with van der Waals surface area (Å²) in [5, 5.41) is 15.3.